The molecule has 3 aromatic heterocycles. The first-order valence-corrected chi connectivity index (χ1v) is 10.2. The molecule has 7 heteroatoms. The van der Waals surface area contributed by atoms with Crippen molar-refractivity contribution in [3.63, 3.8) is 0 Å². The molecule has 2 aliphatic rings. The number of pyridine rings is 2. The lowest BCUT2D eigenvalue weighted by Crippen LogP contribution is -2.44. The lowest BCUT2D eigenvalue weighted by Gasteiger charge is -2.34. The normalized spacial score (nSPS) is 18.1. The molecule has 0 radical (unpaired) electrons. The molecule has 7 nitrogen and oxygen atoms in total. The van der Waals surface area contributed by atoms with Gasteiger partial charge in [0.25, 0.3) is 0 Å². The Labute approximate surface area is 165 Å². The summed E-state index contributed by atoms with van der Waals surface area (Å²) in [5.41, 5.74) is 5.61. The zero-order valence-electron chi connectivity index (χ0n) is 16.4. The predicted octanol–water partition coefficient (Wildman–Crippen LogP) is 2.27. The molecule has 0 bridgehead atoms. The number of anilines is 1. The lowest BCUT2D eigenvalue weighted by molar-refractivity contribution is 0.313. The van der Waals surface area contributed by atoms with Crippen molar-refractivity contribution in [2.75, 3.05) is 38.1 Å². The van der Waals surface area contributed by atoms with E-state index in [9.17, 15) is 0 Å². The molecule has 0 atom stereocenters. The van der Waals surface area contributed by atoms with Crippen LogP contribution in [0.2, 0.25) is 0 Å². The van der Waals surface area contributed by atoms with Gasteiger partial charge in [-0.05, 0) is 43.5 Å². The summed E-state index contributed by atoms with van der Waals surface area (Å²) >= 11 is 0. The van der Waals surface area contributed by atoms with Gasteiger partial charge in [0.1, 0.15) is 11.3 Å². The third kappa shape index (κ3) is 3.59. The number of imidazole rings is 1. The number of H-pyrrole nitrogens is 1. The molecule has 0 spiro atoms. The summed E-state index contributed by atoms with van der Waals surface area (Å²) in [4.78, 5) is 22.0. The minimum absolute atomic E-state index is 0.680. The number of hydrogen-bond acceptors (Lipinski definition) is 6. The summed E-state index contributed by atoms with van der Waals surface area (Å²) in [7, 11) is 2.18. The number of aromatic amines is 1. The van der Waals surface area contributed by atoms with Crippen LogP contribution in [0.15, 0.2) is 30.6 Å². The van der Waals surface area contributed by atoms with E-state index in [0.29, 0.717) is 12.5 Å². The van der Waals surface area contributed by atoms with E-state index in [2.05, 4.69) is 49.2 Å². The first kappa shape index (κ1) is 17.6. The fraction of sp³-hybridized carbons (Fsp3) is 0.476. The number of piperazine rings is 1. The van der Waals surface area contributed by atoms with Crippen LogP contribution in [0.25, 0.3) is 11.2 Å². The summed E-state index contributed by atoms with van der Waals surface area (Å²) in [5.74, 6) is 1.64. The molecule has 28 heavy (non-hydrogen) atoms. The second-order valence-electron chi connectivity index (χ2n) is 7.92. The Morgan fingerprint density at radius 3 is 2.75 bits per heavy atom. The van der Waals surface area contributed by atoms with Crippen molar-refractivity contribution in [3.05, 3.63) is 47.7 Å². The fourth-order valence-corrected chi connectivity index (χ4v) is 4.00. The van der Waals surface area contributed by atoms with Crippen LogP contribution in [0.5, 0.6) is 0 Å². The van der Waals surface area contributed by atoms with E-state index in [1.807, 2.05) is 18.5 Å². The standard InChI is InChI=1S/C21H27N7/c1-27-9-11-28(12-10-27)18-6-8-24-21-20(18)25-19(26-21)14-22-13-17-16(15-4-5-15)3-2-7-23-17/h2-3,6-8,15,22H,4-5,9-14H2,1H3,(H,24,25,26). The number of hydrogen-bond donors (Lipinski definition) is 2. The molecule has 2 N–H and O–H groups in total. The quantitative estimate of drug-likeness (QED) is 0.687. The van der Waals surface area contributed by atoms with Gasteiger partial charge in [-0.2, -0.15) is 0 Å². The molecule has 3 aromatic rings. The Morgan fingerprint density at radius 2 is 1.93 bits per heavy atom. The molecule has 1 saturated carbocycles. The maximum Gasteiger partial charge on any atom is 0.179 e. The van der Waals surface area contributed by atoms with Gasteiger partial charge in [-0.25, -0.2) is 9.97 Å². The van der Waals surface area contributed by atoms with Gasteiger partial charge >= 0.3 is 0 Å². The number of fused-ring (bicyclic) bond motifs is 1. The van der Waals surface area contributed by atoms with Crippen LogP contribution in [0, 0.1) is 0 Å². The molecule has 5 rings (SSSR count). The van der Waals surface area contributed by atoms with Crippen molar-refractivity contribution in [1.82, 2.24) is 30.2 Å². The Morgan fingerprint density at radius 1 is 1.07 bits per heavy atom. The van der Waals surface area contributed by atoms with Gasteiger partial charge < -0.3 is 20.1 Å². The van der Waals surface area contributed by atoms with Crippen LogP contribution in [0.4, 0.5) is 5.69 Å². The van der Waals surface area contributed by atoms with Crippen LogP contribution < -0.4 is 10.2 Å². The highest BCUT2D eigenvalue weighted by Gasteiger charge is 2.26. The molecule has 146 valence electrons. The van der Waals surface area contributed by atoms with Crippen molar-refractivity contribution in [1.29, 1.82) is 0 Å². The van der Waals surface area contributed by atoms with E-state index >= 15 is 0 Å². The number of aromatic nitrogens is 4. The molecule has 1 aliphatic heterocycles. The highest BCUT2D eigenvalue weighted by atomic mass is 15.3. The van der Waals surface area contributed by atoms with Crippen molar-refractivity contribution < 1.29 is 0 Å². The van der Waals surface area contributed by atoms with Gasteiger partial charge in [-0.15, -0.1) is 0 Å². The second-order valence-corrected chi connectivity index (χ2v) is 7.92. The third-order valence-corrected chi connectivity index (χ3v) is 5.79. The molecule has 0 aromatic carbocycles. The van der Waals surface area contributed by atoms with E-state index in [4.69, 9.17) is 4.98 Å². The fourth-order valence-electron chi connectivity index (χ4n) is 4.00. The molecule has 0 unspecified atom stereocenters. The Kier molecular flexibility index (Phi) is 4.70. The average molecular weight is 377 g/mol. The number of rotatable bonds is 6. The zero-order chi connectivity index (χ0) is 18.9. The van der Waals surface area contributed by atoms with Crippen LogP contribution >= 0.6 is 0 Å². The largest absolute Gasteiger partial charge is 0.367 e. The molecular formula is C21H27N7. The first-order valence-electron chi connectivity index (χ1n) is 10.2. The summed E-state index contributed by atoms with van der Waals surface area (Å²) in [5, 5.41) is 3.50. The molecule has 4 heterocycles. The van der Waals surface area contributed by atoms with Gasteiger partial charge in [0.05, 0.1) is 17.9 Å². The summed E-state index contributed by atoms with van der Waals surface area (Å²) in [6.07, 6.45) is 6.34. The van der Waals surface area contributed by atoms with Crippen LogP contribution in [0.1, 0.15) is 35.8 Å². The predicted molar refractivity (Wildman–Crippen MR) is 110 cm³/mol. The highest BCUT2D eigenvalue weighted by molar-refractivity contribution is 5.86. The molecule has 1 saturated heterocycles. The zero-order valence-corrected chi connectivity index (χ0v) is 16.4. The van der Waals surface area contributed by atoms with Gasteiger partial charge in [-0.1, -0.05) is 6.07 Å². The van der Waals surface area contributed by atoms with Crippen LogP contribution in [-0.2, 0) is 13.1 Å². The maximum atomic E-state index is 4.70. The second kappa shape index (κ2) is 7.48. The van der Waals surface area contributed by atoms with Gasteiger partial charge in [0.15, 0.2) is 5.65 Å². The van der Waals surface area contributed by atoms with Crippen molar-refractivity contribution in [2.45, 2.75) is 31.8 Å². The van der Waals surface area contributed by atoms with Crippen molar-refractivity contribution in [3.8, 4) is 0 Å². The monoisotopic (exact) mass is 377 g/mol. The minimum Gasteiger partial charge on any atom is -0.367 e. The summed E-state index contributed by atoms with van der Waals surface area (Å²) < 4.78 is 0. The Hall–Kier alpha value is -2.51. The average Bonchev–Trinajstić information content (AvgIpc) is 3.48. The Balaban J connectivity index is 1.29. The lowest BCUT2D eigenvalue weighted by atomic mass is 10.1. The smallest absolute Gasteiger partial charge is 0.179 e. The number of likely N-dealkylation sites (N-methyl/N-ethyl adjacent to an activating group) is 1. The van der Waals surface area contributed by atoms with Crippen LogP contribution in [-0.4, -0.2) is 58.1 Å². The van der Waals surface area contributed by atoms with Gasteiger partial charge in [0, 0.05) is 45.1 Å². The van der Waals surface area contributed by atoms with Crippen molar-refractivity contribution in [2.24, 2.45) is 0 Å². The minimum atomic E-state index is 0.680. The van der Waals surface area contributed by atoms with E-state index in [0.717, 1.165) is 55.4 Å². The maximum absolute atomic E-state index is 4.70. The number of nitrogens with zero attached hydrogens (tertiary/aromatic N) is 5. The van der Waals surface area contributed by atoms with Crippen molar-refractivity contribution >= 4 is 16.9 Å². The van der Waals surface area contributed by atoms with E-state index < -0.39 is 0 Å². The molecular weight excluding hydrogens is 350 g/mol. The first-order chi connectivity index (χ1) is 13.8. The highest BCUT2D eigenvalue weighted by Crippen LogP contribution is 2.41. The van der Waals surface area contributed by atoms with E-state index in [1.54, 1.807) is 0 Å². The summed E-state index contributed by atoms with van der Waals surface area (Å²) in [6, 6.07) is 6.36. The van der Waals surface area contributed by atoms with E-state index in [1.165, 1.54) is 24.1 Å². The molecule has 2 fully saturated rings. The van der Waals surface area contributed by atoms with E-state index in [-0.39, 0.29) is 0 Å². The molecule has 1 aliphatic carbocycles. The number of nitrogens with one attached hydrogen (secondary N) is 2. The van der Waals surface area contributed by atoms with Gasteiger partial charge in [0.2, 0.25) is 0 Å². The molecule has 0 amide bonds. The summed E-state index contributed by atoms with van der Waals surface area (Å²) in [6.45, 7) is 5.68. The van der Waals surface area contributed by atoms with Crippen LogP contribution in [0.3, 0.4) is 0 Å². The SMILES string of the molecule is CN1CCN(c2ccnc3nc(CNCc4ncccc4C4CC4)[nH]c23)CC1. The topological polar surface area (TPSA) is 73.0 Å². The Bertz CT molecular complexity index is 954. The third-order valence-electron chi connectivity index (χ3n) is 5.79. The van der Waals surface area contributed by atoms with Gasteiger partial charge in [-0.3, -0.25) is 4.98 Å².